The predicted molar refractivity (Wildman–Crippen MR) is 116 cm³/mol. The third-order valence-electron chi connectivity index (χ3n) is 4.70. The molecule has 1 fully saturated rings. The summed E-state index contributed by atoms with van der Waals surface area (Å²) in [5, 5.41) is 7.53. The van der Waals surface area contributed by atoms with Gasteiger partial charge in [-0.15, -0.1) is 11.8 Å². The maximum atomic E-state index is 13.8. The number of carbonyl (C=O) groups excluding carboxylic acids is 2. The molecule has 2 unspecified atom stereocenters. The number of hydrogen-bond acceptors (Lipinski definition) is 6. The van der Waals surface area contributed by atoms with Crippen LogP contribution in [0.2, 0.25) is 0 Å². The second kappa shape index (κ2) is 10.4. The zero-order chi connectivity index (χ0) is 22.5. The number of amides is 2. The van der Waals surface area contributed by atoms with Gasteiger partial charge in [-0.1, -0.05) is 0 Å². The molecule has 5 N–H and O–H groups in total. The molecule has 1 heterocycles. The van der Waals surface area contributed by atoms with Crippen LogP contribution >= 0.6 is 23.7 Å². The first-order chi connectivity index (χ1) is 14.8. The van der Waals surface area contributed by atoms with Gasteiger partial charge in [-0.05, 0) is 54.3 Å². The normalized spacial score (nSPS) is 16.9. The maximum Gasteiger partial charge on any atom is 0.257 e. The van der Waals surface area contributed by atoms with Crippen molar-refractivity contribution in [3.63, 3.8) is 0 Å². The molecule has 166 valence electrons. The van der Waals surface area contributed by atoms with Gasteiger partial charge in [0.15, 0.2) is 17.0 Å². The molecule has 31 heavy (non-hydrogen) atoms. The van der Waals surface area contributed by atoms with Crippen LogP contribution in [0.15, 0.2) is 41.3 Å². The molecule has 0 aromatic heterocycles. The standard InChI is InChI=1S/C20H21F3N4O2S2/c21-15-10-17(23)16(22)8-11(15)7-12(24)9-18(28)27-5-6-30-20(27)19(29)26-13-1-3-14(31-25)4-2-13/h1-4,8,10,12,20H,5-7,9,24-25H2,(H,26,29). The van der Waals surface area contributed by atoms with Crippen LogP contribution in [-0.4, -0.2) is 40.4 Å². The molecule has 2 aromatic rings. The van der Waals surface area contributed by atoms with Crippen molar-refractivity contribution >= 4 is 41.2 Å². The monoisotopic (exact) mass is 470 g/mol. The highest BCUT2D eigenvalue weighted by molar-refractivity contribution is 8.00. The van der Waals surface area contributed by atoms with E-state index in [0.29, 0.717) is 24.1 Å². The van der Waals surface area contributed by atoms with Crippen molar-refractivity contribution in [1.29, 1.82) is 0 Å². The largest absolute Gasteiger partial charge is 0.327 e. The lowest BCUT2D eigenvalue weighted by Gasteiger charge is -2.24. The Balaban J connectivity index is 1.59. The molecule has 0 bridgehead atoms. The Morgan fingerprint density at radius 1 is 1.16 bits per heavy atom. The molecule has 6 nitrogen and oxygen atoms in total. The van der Waals surface area contributed by atoms with Gasteiger partial charge in [-0.2, -0.15) is 0 Å². The smallest absolute Gasteiger partial charge is 0.257 e. The number of benzene rings is 2. The van der Waals surface area contributed by atoms with Crippen molar-refractivity contribution in [3.8, 4) is 0 Å². The van der Waals surface area contributed by atoms with Crippen molar-refractivity contribution in [2.24, 2.45) is 10.9 Å². The van der Waals surface area contributed by atoms with E-state index in [-0.39, 0.29) is 30.2 Å². The summed E-state index contributed by atoms with van der Waals surface area (Å²) in [6, 6.07) is 7.34. The fourth-order valence-corrected chi connectivity index (χ4v) is 4.61. The van der Waals surface area contributed by atoms with Crippen LogP contribution in [0.3, 0.4) is 0 Å². The van der Waals surface area contributed by atoms with E-state index in [4.69, 9.17) is 10.9 Å². The number of nitrogens with one attached hydrogen (secondary N) is 1. The van der Waals surface area contributed by atoms with Crippen molar-refractivity contribution in [3.05, 3.63) is 59.4 Å². The van der Waals surface area contributed by atoms with E-state index in [0.717, 1.165) is 22.9 Å². The lowest BCUT2D eigenvalue weighted by Crippen LogP contribution is -2.44. The molecule has 1 aliphatic rings. The first-order valence-electron chi connectivity index (χ1n) is 9.36. The van der Waals surface area contributed by atoms with E-state index in [9.17, 15) is 22.8 Å². The van der Waals surface area contributed by atoms with Gasteiger partial charge in [0.25, 0.3) is 5.91 Å². The Labute approximate surface area is 186 Å². The van der Waals surface area contributed by atoms with Gasteiger partial charge in [-0.3, -0.25) is 14.7 Å². The molecule has 2 atom stereocenters. The van der Waals surface area contributed by atoms with Crippen LogP contribution in [0.5, 0.6) is 0 Å². The first kappa shape index (κ1) is 23.5. The lowest BCUT2D eigenvalue weighted by atomic mass is 10.0. The predicted octanol–water partition coefficient (Wildman–Crippen LogP) is 2.87. The minimum atomic E-state index is -1.29. The van der Waals surface area contributed by atoms with Gasteiger partial charge in [0, 0.05) is 41.4 Å². The van der Waals surface area contributed by atoms with E-state index in [2.05, 4.69) is 5.32 Å². The molecule has 2 amide bonds. The van der Waals surface area contributed by atoms with E-state index >= 15 is 0 Å². The Morgan fingerprint density at radius 2 is 1.84 bits per heavy atom. The number of carbonyl (C=O) groups is 2. The highest BCUT2D eigenvalue weighted by Gasteiger charge is 2.35. The topological polar surface area (TPSA) is 101 Å². The van der Waals surface area contributed by atoms with Gasteiger partial charge in [0.05, 0.1) is 0 Å². The molecule has 0 radical (unpaired) electrons. The van der Waals surface area contributed by atoms with Crippen molar-refractivity contribution in [1.82, 2.24) is 4.90 Å². The van der Waals surface area contributed by atoms with Crippen molar-refractivity contribution in [2.75, 3.05) is 17.6 Å². The summed E-state index contributed by atoms with van der Waals surface area (Å²) >= 11 is 2.42. The zero-order valence-electron chi connectivity index (χ0n) is 16.3. The molecule has 0 aliphatic carbocycles. The summed E-state index contributed by atoms with van der Waals surface area (Å²) in [5.41, 5.74) is 6.42. The summed E-state index contributed by atoms with van der Waals surface area (Å²) in [7, 11) is 0. The summed E-state index contributed by atoms with van der Waals surface area (Å²) in [5.74, 6) is -3.51. The quantitative estimate of drug-likeness (QED) is 0.425. The molecule has 0 spiro atoms. The second-order valence-electron chi connectivity index (χ2n) is 6.97. The molecule has 3 rings (SSSR count). The number of nitrogens with two attached hydrogens (primary N) is 2. The second-order valence-corrected chi connectivity index (χ2v) is 8.86. The van der Waals surface area contributed by atoms with Gasteiger partial charge >= 0.3 is 0 Å². The average Bonchev–Trinajstić information content (AvgIpc) is 3.23. The summed E-state index contributed by atoms with van der Waals surface area (Å²) < 4.78 is 40.3. The van der Waals surface area contributed by atoms with Gasteiger partial charge < -0.3 is 16.0 Å². The molecule has 1 saturated heterocycles. The average molecular weight is 471 g/mol. The number of halogens is 3. The molecule has 2 aromatic carbocycles. The molecule has 0 saturated carbocycles. The third kappa shape index (κ3) is 5.94. The molecule has 1 aliphatic heterocycles. The highest BCUT2D eigenvalue weighted by Crippen LogP contribution is 2.27. The highest BCUT2D eigenvalue weighted by atomic mass is 32.2. The summed E-state index contributed by atoms with van der Waals surface area (Å²) in [6.07, 6.45) is -0.302. The first-order valence-corrected chi connectivity index (χ1v) is 11.3. The number of thioether (sulfide) groups is 1. The Hall–Kier alpha value is -2.21. The van der Waals surface area contributed by atoms with Crippen molar-refractivity contribution < 1.29 is 22.8 Å². The fraction of sp³-hybridized carbons (Fsp3) is 0.300. The zero-order valence-corrected chi connectivity index (χ0v) is 17.9. The van der Waals surface area contributed by atoms with E-state index < -0.39 is 28.9 Å². The van der Waals surface area contributed by atoms with Crippen LogP contribution in [-0.2, 0) is 16.0 Å². The van der Waals surface area contributed by atoms with Crippen LogP contribution in [0.1, 0.15) is 12.0 Å². The minimum Gasteiger partial charge on any atom is -0.327 e. The Bertz CT molecular complexity index is 962. The minimum absolute atomic E-state index is 0.108. The SMILES string of the molecule is NSc1ccc(NC(=O)C2SCCN2C(=O)CC(N)Cc2cc(F)c(F)cc2F)cc1. The Morgan fingerprint density at radius 3 is 2.52 bits per heavy atom. The van der Waals surface area contributed by atoms with Gasteiger partial charge in [-0.25, -0.2) is 13.2 Å². The summed E-state index contributed by atoms with van der Waals surface area (Å²) in [4.78, 5) is 27.6. The fourth-order valence-electron chi connectivity index (χ4n) is 3.18. The number of hydrogen-bond donors (Lipinski definition) is 3. The maximum absolute atomic E-state index is 13.8. The van der Waals surface area contributed by atoms with E-state index in [1.54, 1.807) is 24.3 Å². The number of anilines is 1. The van der Waals surface area contributed by atoms with Gasteiger partial charge in [0.1, 0.15) is 5.82 Å². The number of nitrogens with zero attached hydrogens (tertiary/aromatic N) is 1. The van der Waals surface area contributed by atoms with Gasteiger partial charge in [0.2, 0.25) is 5.91 Å². The molecular weight excluding hydrogens is 449 g/mol. The van der Waals surface area contributed by atoms with E-state index in [1.165, 1.54) is 16.7 Å². The Kier molecular flexibility index (Phi) is 7.87. The van der Waals surface area contributed by atoms with Crippen LogP contribution in [0.4, 0.5) is 18.9 Å². The molecular formula is C20H21F3N4O2S2. The third-order valence-corrected chi connectivity index (χ3v) is 6.45. The van der Waals surface area contributed by atoms with E-state index in [1.807, 2.05) is 0 Å². The summed E-state index contributed by atoms with van der Waals surface area (Å²) in [6.45, 7) is 0.372. The molecule has 11 heteroatoms. The van der Waals surface area contributed by atoms with Crippen LogP contribution in [0, 0.1) is 17.5 Å². The lowest BCUT2D eigenvalue weighted by molar-refractivity contribution is -0.135. The van der Waals surface area contributed by atoms with Crippen LogP contribution in [0.25, 0.3) is 0 Å². The number of rotatable bonds is 7. The van der Waals surface area contributed by atoms with Crippen molar-refractivity contribution in [2.45, 2.75) is 29.2 Å². The van der Waals surface area contributed by atoms with Crippen LogP contribution < -0.4 is 16.2 Å².